The first-order valence-electron chi connectivity index (χ1n) is 35.0. The van der Waals surface area contributed by atoms with Crippen molar-refractivity contribution in [1.82, 2.24) is 39.9 Å². The van der Waals surface area contributed by atoms with E-state index in [1.807, 2.05) is 24.3 Å². The molecule has 0 saturated carbocycles. The van der Waals surface area contributed by atoms with Crippen LogP contribution in [0.3, 0.4) is 0 Å². The van der Waals surface area contributed by atoms with E-state index in [0.717, 1.165) is 87.1 Å². The molecule has 0 unspecified atom stereocenters. The Balaban J connectivity index is 0.000000151. The summed E-state index contributed by atoms with van der Waals surface area (Å²) in [5.41, 5.74) is 2.93. The molecular formula is C81H45Cl6F10N13O16S2. The normalized spacial score (nSPS) is 11.1. The smallest absolute Gasteiger partial charge is 0.340 e. The Morgan fingerprint density at radius 1 is 0.391 bits per heavy atom. The molecule has 0 radical (unpaired) electrons. The van der Waals surface area contributed by atoms with Gasteiger partial charge in [-0.25, -0.2) is 59.1 Å². The molecule has 0 atom stereocenters. The number of carboxylic acids is 1. The summed E-state index contributed by atoms with van der Waals surface area (Å²) < 4.78 is 179. The molecule has 47 heteroatoms. The number of halogens is 16. The van der Waals surface area contributed by atoms with Crippen LogP contribution in [-0.2, 0) is 19.1 Å². The van der Waals surface area contributed by atoms with E-state index in [9.17, 15) is 115 Å². The molecule has 0 aliphatic heterocycles. The number of nitrogens with two attached hydrogens (primary N) is 1. The van der Waals surface area contributed by atoms with E-state index in [1.165, 1.54) is 36.8 Å². The Morgan fingerprint density at radius 2 is 0.680 bits per heavy atom. The highest BCUT2D eigenvalue weighted by Gasteiger charge is 2.31. The predicted octanol–water partition coefficient (Wildman–Crippen LogP) is 20.9. The molecule has 0 aliphatic rings. The van der Waals surface area contributed by atoms with Crippen LogP contribution in [0.15, 0.2) is 189 Å². The standard InChI is InChI=1S/C19H12ClF2N3O3S.C18H8ClF2N3O3.C18H10ClF2N3O.C11H7ClN2.C7H2ClF2NO3.C7H3F2NO4.CH3ClO2S/c1-29(27,28)25-17-14(21)4-3-11(16(17)22)18(26)9-2-5-15-12(6-9)13-7-10(20)8-23-19(13)24-15;19-9-6-12-11-5-8(1-4-14(11)23-18(12)22-7-9)17(25)10-2-3-13(20)16(15(10)21)24(26)27;19-9-6-12-11-5-8(1-4-14(11)24-18(12)23-7-9)17(25)10-2-3-13(20)16(22)15(10)21;12-7-5-9-8-3-1-2-4-10(8)14-11(9)13-6-7;8-7(12)3-1-2-4(9)6(5(3)10)11(13)14;8-4-2-1-3(7(11)12)5(9)6(4)10(13)14;1-5(2,3)4/h2-8,25H,1H3,(H,23,24);1-7H,(H,22,23);1-7H,22H2,(H,23,24);1-6H,(H,13,14);1-2H;1-2H,(H,11,12);1H3. The Morgan fingerprint density at radius 3 is 1.02 bits per heavy atom. The lowest BCUT2D eigenvalue weighted by Crippen LogP contribution is -2.15. The van der Waals surface area contributed by atoms with E-state index in [-0.39, 0.29) is 22.3 Å². The molecule has 9 aromatic carbocycles. The zero-order valence-electron chi connectivity index (χ0n) is 63.5. The van der Waals surface area contributed by atoms with Crippen molar-refractivity contribution in [1.29, 1.82) is 0 Å². The summed E-state index contributed by atoms with van der Waals surface area (Å²) >= 11 is 28.8. The summed E-state index contributed by atoms with van der Waals surface area (Å²) in [5.74, 6) is -17.0. The summed E-state index contributed by atoms with van der Waals surface area (Å²) in [4.78, 5) is 116. The van der Waals surface area contributed by atoms with Gasteiger partial charge in [-0.05, 0) is 157 Å². The number of hydrogen-bond donors (Lipinski definition) is 7. The molecule has 0 aliphatic carbocycles. The summed E-state index contributed by atoms with van der Waals surface area (Å²) in [6, 6.07) is 37.1. The van der Waals surface area contributed by atoms with Crippen molar-refractivity contribution < 1.29 is 105 Å². The van der Waals surface area contributed by atoms with Crippen LogP contribution in [-0.4, -0.2) is 118 Å². The van der Waals surface area contributed by atoms with Crippen LogP contribution in [0, 0.1) is 88.5 Å². The van der Waals surface area contributed by atoms with Crippen LogP contribution < -0.4 is 10.5 Å². The molecule has 0 saturated heterocycles. The summed E-state index contributed by atoms with van der Waals surface area (Å²) in [6.45, 7) is 0. The fraction of sp³-hybridized carbons (Fsp3) is 0.0247. The van der Waals surface area contributed by atoms with Crippen LogP contribution >= 0.6 is 68.7 Å². The topological polar surface area (TPSA) is 456 Å². The molecule has 29 nitrogen and oxygen atoms in total. The number of sulfonamides is 1. The zero-order chi connectivity index (χ0) is 93.7. The fourth-order valence-corrected chi connectivity index (χ4v) is 13.5. The number of carboxylic acid groups (broad SMARTS) is 1. The number of nitrogens with one attached hydrogen (secondary N) is 5. The quantitative estimate of drug-likeness (QED) is 0.0141. The van der Waals surface area contributed by atoms with Gasteiger partial charge in [-0.15, -0.1) is 0 Å². The number of nitrogens with zero attached hydrogens (tertiary/aromatic N) is 7. The minimum atomic E-state index is -3.94. The number of para-hydroxylation sites is 1. The lowest BCUT2D eigenvalue weighted by molar-refractivity contribution is -0.390. The number of fused-ring (bicyclic) bond motifs is 12. The Labute approximate surface area is 736 Å². The first kappa shape index (κ1) is 94.3. The molecule has 654 valence electrons. The van der Waals surface area contributed by atoms with E-state index >= 15 is 0 Å². The Kier molecular flexibility index (Phi) is 28.5. The average molecular weight is 1920 g/mol. The van der Waals surface area contributed by atoms with Gasteiger partial charge in [0.05, 0.1) is 69.6 Å². The van der Waals surface area contributed by atoms with Crippen LogP contribution in [0.1, 0.15) is 68.5 Å². The second kappa shape index (κ2) is 38.6. The van der Waals surface area contributed by atoms with Gasteiger partial charge >= 0.3 is 23.0 Å². The lowest BCUT2D eigenvalue weighted by atomic mass is 10.00. The molecule has 8 aromatic heterocycles. The van der Waals surface area contributed by atoms with Crippen LogP contribution in [0.25, 0.3) is 87.7 Å². The lowest BCUT2D eigenvalue weighted by Gasteiger charge is -2.10. The molecule has 17 aromatic rings. The highest BCUT2D eigenvalue weighted by molar-refractivity contribution is 8.13. The van der Waals surface area contributed by atoms with Gasteiger partial charge in [0.15, 0.2) is 29.0 Å². The van der Waals surface area contributed by atoms with Crippen molar-refractivity contribution in [2.45, 2.75) is 0 Å². The molecule has 0 bridgehead atoms. The monoisotopic (exact) mass is 1920 g/mol. The van der Waals surface area contributed by atoms with Crippen LogP contribution in [0.5, 0.6) is 0 Å². The van der Waals surface area contributed by atoms with E-state index in [2.05, 4.69) is 56.6 Å². The van der Waals surface area contributed by atoms with Gasteiger partial charge in [-0.1, -0.05) is 64.6 Å². The Hall–Kier alpha value is -14.3. The summed E-state index contributed by atoms with van der Waals surface area (Å²) in [7, 11) is -2.64. The van der Waals surface area contributed by atoms with Crippen molar-refractivity contribution >= 4 is 233 Å². The van der Waals surface area contributed by atoms with Crippen molar-refractivity contribution in [3.63, 3.8) is 0 Å². The van der Waals surface area contributed by atoms with Gasteiger partial charge in [0.25, 0.3) is 5.24 Å². The Bertz CT molecular complexity index is 7690. The largest absolute Gasteiger partial charge is 0.478 e. The number of H-pyrrole nitrogens is 4. The molecule has 17 rings (SSSR count). The van der Waals surface area contributed by atoms with Gasteiger partial charge < -0.3 is 30.8 Å². The molecular weight excluding hydrogens is 1880 g/mol. The number of pyridine rings is 4. The number of aromatic amines is 4. The molecule has 0 spiro atoms. The van der Waals surface area contributed by atoms with E-state index in [4.69, 9.17) is 68.8 Å². The third-order valence-corrected chi connectivity index (χ3v) is 19.4. The van der Waals surface area contributed by atoms with E-state index < -0.39 is 171 Å². The number of nitro benzene ring substituents is 3. The summed E-state index contributed by atoms with van der Waals surface area (Å²) in [5, 5.41) is 46.6. The number of carbonyl (C=O) groups is 5. The number of nitrogen functional groups attached to an aromatic ring is 1. The second-order valence-corrected chi connectivity index (χ2v) is 33.2. The average Bonchev–Trinajstić information content (AvgIpc) is 1.71. The predicted molar refractivity (Wildman–Crippen MR) is 457 cm³/mol. The number of aromatic carboxylic acids is 1. The number of anilines is 2. The van der Waals surface area contributed by atoms with Crippen LogP contribution in [0.4, 0.5) is 72.3 Å². The molecule has 8 heterocycles. The molecule has 8 N–H and O–H groups in total. The zero-order valence-corrected chi connectivity index (χ0v) is 69.7. The molecule has 128 heavy (non-hydrogen) atoms. The summed E-state index contributed by atoms with van der Waals surface area (Å²) in [6.07, 6.45) is 7.80. The van der Waals surface area contributed by atoms with Gasteiger partial charge in [0.1, 0.15) is 51.2 Å². The number of rotatable bonds is 13. The number of benzene rings is 9. The fourth-order valence-electron chi connectivity index (χ4n) is 12.2. The maximum atomic E-state index is 14.7. The van der Waals surface area contributed by atoms with Gasteiger partial charge in [0.2, 0.25) is 54.0 Å². The van der Waals surface area contributed by atoms with E-state index in [1.54, 1.807) is 65.5 Å². The van der Waals surface area contributed by atoms with Gasteiger partial charge in [0, 0.05) is 117 Å². The highest BCUT2D eigenvalue weighted by Crippen LogP contribution is 2.36. The van der Waals surface area contributed by atoms with Crippen molar-refractivity contribution in [3.8, 4) is 0 Å². The maximum Gasteiger partial charge on any atom is 0.340 e. The third-order valence-electron chi connectivity index (χ3n) is 17.8. The van der Waals surface area contributed by atoms with Gasteiger partial charge in [-0.2, -0.15) is 26.3 Å². The number of aromatic nitrogens is 8. The highest BCUT2D eigenvalue weighted by atomic mass is 35.7. The van der Waals surface area contributed by atoms with Crippen molar-refractivity contribution in [2.75, 3.05) is 23.0 Å². The van der Waals surface area contributed by atoms with E-state index in [0.29, 0.717) is 93.9 Å². The number of ketones is 3. The first-order chi connectivity index (χ1) is 60.2. The number of carbonyl (C=O) groups excluding carboxylic acids is 4. The minimum absolute atomic E-state index is 0.0863. The van der Waals surface area contributed by atoms with Crippen molar-refractivity contribution in [3.05, 3.63) is 342 Å². The molecule has 0 fully saturated rings. The first-order valence-corrected chi connectivity index (χ1v) is 41.5. The number of hydrogen-bond acceptors (Lipinski definition) is 20. The maximum absolute atomic E-state index is 14.7. The SMILES string of the molecule is CS(=O)(=O)Cl.CS(=O)(=O)Nc1c(F)ccc(C(=O)c2ccc3[nH]c4ncc(Cl)cc4c3c2)c1F.Clc1cnc2[nH]c3ccccc3c2c1.Nc1c(F)ccc(C(=O)c2ccc3[nH]c4ncc(Cl)cc4c3c2)c1F.O=C(Cl)c1ccc(F)c([N+](=O)[O-])c1F.O=C(O)c1ccc(F)c([N+](=O)[O-])c1F.O=C(c1ccc2[nH]c3ncc(Cl)cc3c2c1)c1ccc(F)c([N+](=O)[O-])c1F. The minimum Gasteiger partial charge on any atom is -0.478 e. The van der Waals surface area contributed by atoms with Crippen molar-refractivity contribution in [2.24, 2.45) is 0 Å². The number of nitro groups is 3. The molecule has 0 amide bonds. The third kappa shape index (κ3) is 21.3. The van der Waals surface area contributed by atoms with Gasteiger partial charge in [-0.3, -0.25) is 54.2 Å². The van der Waals surface area contributed by atoms with Crippen LogP contribution in [0.2, 0.25) is 20.1 Å². The second-order valence-electron chi connectivity index (χ2n) is 26.3.